The molecule has 0 saturated heterocycles. The number of carbonyl (C=O) groups excluding carboxylic acids is 1. The Bertz CT molecular complexity index is 1080. The van der Waals surface area contributed by atoms with Gasteiger partial charge < -0.3 is 9.64 Å². The van der Waals surface area contributed by atoms with Crippen LogP contribution in [-0.4, -0.2) is 13.0 Å². The quantitative estimate of drug-likeness (QED) is 0.355. The van der Waals surface area contributed by atoms with Crippen molar-refractivity contribution in [3.63, 3.8) is 0 Å². The minimum atomic E-state index is -0.458. The van der Waals surface area contributed by atoms with Gasteiger partial charge in [0.05, 0.1) is 23.2 Å². The molecule has 28 heavy (non-hydrogen) atoms. The van der Waals surface area contributed by atoms with Crippen LogP contribution >= 0.6 is 32.9 Å². The van der Waals surface area contributed by atoms with Crippen LogP contribution in [0.1, 0.15) is 30.7 Å². The van der Waals surface area contributed by atoms with Gasteiger partial charge in [0.25, 0.3) is 0 Å². The lowest BCUT2D eigenvalue weighted by atomic mass is 9.87. The van der Waals surface area contributed by atoms with E-state index in [1.807, 2.05) is 41.3 Å². The Morgan fingerprint density at radius 1 is 1.14 bits per heavy atom. The molecule has 2 aromatic carbocycles. The second kappa shape index (κ2) is 7.43. The number of anilines is 1. The minimum Gasteiger partial charge on any atom is -0.497 e. The van der Waals surface area contributed by atoms with Crippen molar-refractivity contribution in [1.82, 2.24) is 0 Å². The van der Waals surface area contributed by atoms with E-state index in [2.05, 4.69) is 26.0 Å². The largest absolute Gasteiger partial charge is 0.497 e. The number of fused-ring (bicyclic) bond motifs is 3. The van der Waals surface area contributed by atoms with Crippen molar-refractivity contribution in [3.8, 4) is 16.9 Å². The van der Waals surface area contributed by atoms with Gasteiger partial charge >= 0.3 is 0 Å². The van der Waals surface area contributed by atoms with Crippen LogP contribution in [0, 0.1) is 3.82 Å². The number of amides is 1. The van der Waals surface area contributed by atoms with Gasteiger partial charge in [0.1, 0.15) is 9.57 Å². The number of hydrogen-bond donors (Lipinski definition) is 0. The van der Waals surface area contributed by atoms with Gasteiger partial charge in [0, 0.05) is 23.6 Å². The second-order valence-corrected chi connectivity index (χ2v) is 10.1. The number of nitrogens with zero attached hydrogens (tertiary/aromatic N) is 1. The predicted octanol–water partition coefficient (Wildman–Crippen LogP) is 6.43. The number of ether oxygens (including phenoxy) is 1. The molecular weight excluding hydrogens is 406 g/mol. The molecule has 0 radical (unpaired) electrons. The first kappa shape index (κ1) is 19.3. The maximum Gasteiger partial charge on any atom is 0.228 e. The highest BCUT2D eigenvalue weighted by molar-refractivity contribution is 7.80. The van der Waals surface area contributed by atoms with E-state index in [1.54, 1.807) is 27.8 Å². The summed E-state index contributed by atoms with van der Waals surface area (Å²) >= 11 is 5.63. The Balaban J connectivity index is 1.78. The van der Waals surface area contributed by atoms with Gasteiger partial charge in [-0.1, -0.05) is 63.2 Å². The fraction of sp³-hybridized carbons (Fsp3) is 0.273. The normalized spacial score (nSPS) is 14.3. The van der Waals surface area contributed by atoms with Crippen LogP contribution in [0.25, 0.3) is 11.1 Å². The van der Waals surface area contributed by atoms with Gasteiger partial charge in [-0.15, -0.1) is 0 Å². The molecule has 1 aliphatic heterocycles. The lowest BCUT2D eigenvalue weighted by Gasteiger charge is -2.43. The van der Waals surface area contributed by atoms with E-state index in [0.29, 0.717) is 6.42 Å². The molecule has 6 heteroatoms. The summed E-state index contributed by atoms with van der Waals surface area (Å²) in [5, 5.41) is 0. The summed E-state index contributed by atoms with van der Waals surface area (Å²) in [6, 6.07) is 16.1. The third-order valence-corrected chi connectivity index (χ3v) is 8.51. The molecule has 0 fully saturated rings. The molecule has 0 unspecified atom stereocenters. The first-order valence-corrected chi connectivity index (χ1v) is 11.7. The van der Waals surface area contributed by atoms with E-state index in [9.17, 15) is 4.79 Å². The molecule has 1 amide bonds. The van der Waals surface area contributed by atoms with Crippen LogP contribution < -0.4 is 9.64 Å². The molecular formula is C22H21NO2S3. The Morgan fingerprint density at radius 3 is 2.61 bits per heavy atom. The minimum absolute atomic E-state index is 0.110. The number of carbonyl (C=O) groups is 1. The highest BCUT2D eigenvalue weighted by Gasteiger charge is 2.42. The summed E-state index contributed by atoms with van der Waals surface area (Å²) in [5.74, 6) is 0.849. The molecule has 0 spiro atoms. The van der Waals surface area contributed by atoms with Crippen molar-refractivity contribution in [2.75, 3.05) is 12.0 Å². The number of hydrogen-bond acceptors (Lipinski definition) is 5. The average molecular weight is 428 g/mol. The Morgan fingerprint density at radius 2 is 1.89 bits per heavy atom. The molecule has 0 atom stereocenters. The smallest absolute Gasteiger partial charge is 0.228 e. The third-order valence-electron chi connectivity index (χ3n) is 5.18. The van der Waals surface area contributed by atoms with Crippen LogP contribution in [0.3, 0.4) is 0 Å². The van der Waals surface area contributed by atoms with E-state index in [0.717, 1.165) is 37.7 Å². The fourth-order valence-corrected chi connectivity index (χ4v) is 7.07. The Hall–Kier alpha value is -2.02. The maximum absolute atomic E-state index is 13.4. The Labute approximate surface area is 177 Å². The first-order chi connectivity index (χ1) is 13.4. The second-order valence-electron chi connectivity index (χ2n) is 7.32. The summed E-state index contributed by atoms with van der Waals surface area (Å²) in [4.78, 5) is 16.5. The average Bonchev–Trinajstić information content (AvgIpc) is 3.09. The summed E-state index contributed by atoms with van der Waals surface area (Å²) in [5.41, 5.74) is 3.71. The summed E-state index contributed by atoms with van der Waals surface area (Å²) in [6.07, 6.45) is 1.17. The number of rotatable bonds is 4. The van der Waals surface area contributed by atoms with Gasteiger partial charge in [0.2, 0.25) is 5.91 Å². The lowest BCUT2D eigenvalue weighted by molar-refractivity contribution is -0.119. The summed E-state index contributed by atoms with van der Waals surface area (Å²) < 4.78 is 6.33. The van der Waals surface area contributed by atoms with E-state index in [4.69, 9.17) is 17.0 Å². The zero-order valence-electron chi connectivity index (χ0n) is 16.0. The van der Waals surface area contributed by atoms with Gasteiger partial charge in [-0.2, -0.15) is 0 Å². The van der Waals surface area contributed by atoms with Gasteiger partial charge in [-0.3, -0.25) is 4.79 Å². The first-order valence-electron chi connectivity index (χ1n) is 9.12. The Kier molecular flexibility index (Phi) is 5.12. The van der Waals surface area contributed by atoms with Crippen LogP contribution in [0.15, 0.2) is 48.5 Å². The lowest BCUT2D eigenvalue weighted by Crippen LogP contribution is -2.47. The van der Waals surface area contributed by atoms with Crippen LogP contribution in [0.5, 0.6) is 5.75 Å². The third kappa shape index (κ3) is 3.19. The van der Waals surface area contributed by atoms with E-state index in [-0.39, 0.29) is 5.91 Å². The van der Waals surface area contributed by atoms with Gasteiger partial charge in [-0.25, -0.2) is 0 Å². The van der Waals surface area contributed by atoms with Crippen molar-refractivity contribution in [2.24, 2.45) is 0 Å². The number of methoxy groups -OCH3 is 1. The van der Waals surface area contributed by atoms with Crippen LogP contribution in [0.2, 0.25) is 0 Å². The molecule has 0 aliphatic carbocycles. The van der Waals surface area contributed by atoms with Gasteiger partial charge in [-0.05, 0) is 38.0 Å². The molecule has 2 heterocycles. The highest BCUT2D eigenvalue weighted by atomic mass is 32.9. The molecule has 144 valence electrons. The van der Waals surface area contributed by atoms with Crippen molar-refractivity contribution in [3.05, 3.63) is 62.8 Å². The number of aryl methyl sites for hydroxylation is 1. The molecule has 1 aromatic heterocycles. The maximum atomic E-state index is 13.4. The van der Waals surface area contributed by atoms with E-state index < -0.39 is 5.54 Å². The monoisotopic (exact) mass is 427 g/mol. The molecule has 0 saturated carbocycles. The van der Waals surface area contributed by atoms with E-state index in [1.165, 1.54) is 5.56 Å². The SMILES string of the molecule is COc1ccc2c(c1)N(C(=O)CCc1ccccc1)C(C)(C)c1ssc(=S)c1-2. The van der Waals surface area contributed by atoms with Crippen molar-refractivity contribution >= 4 is 44.5 Å². The highest BCUT2D eigenvalue weighted by Crippen LogP contribution is 2.52. The van der Waals surface area contributed by atoms with E-state index >= 15 is 0 Å². The summed E-state index contributed by atoms with van der Waals surface area (Å²) in [6.45, 7) is 4.21. The molecule has 1 aliphatic rings. The molecule has 0 bridgehead atoms. The predicted molar refractivity (Wildman–Crippen MR) is 120 cm³/mol. The van der Waals surface area contributed by atoms with Crippen molar-refractivity contribution in [1.29, 1.82) is 0 Å². The standard InChI is InChI=1S/C22H21NO2S3/c1-22(2)20-19(21(26)28-27-20)16-11-10-15(25-3)13-17(16)23(22)18(24)12-9-14-7-5-4-6-8-14/h4-8,10-11,13H,9,12H2,1-3H3. The topological polar surface area (TPSA) is 29.5 Å². The molecule has 0 N–H and O–H groups in total. The molecule has 3 nitrogen and oxygen atoms in total. The number of benzene rings is 2. The van der Waals surface area contributed by atoms with Crippen LogP contribution in [-0.2, 0) is 16.8 Å². The fourth-order valence-electron chi connectivity index (χ4n) is 3.79. The van der Waals surface area contributed by atoms with Crippen LogP contribution in [0.4, 0.5) is 5.69 Å². The van der Waals surface area contributed by atoms with Crippen molar-refractivity contribution in [2.45, 2.75) is 32.2 Å². The zero-order valence-corrected chi connectivity index (χ0v) is 18.5. The van der Waals surface area contributed by atoms with Crippen molar-refractivity contribution < 1.29 is 9.53 Å². The van der Waals surface area contributed by atoms with Gasteiger partial charge in [0.15, 0.2) is 0 Å². The molecule has 4 rings (SSSR count). The summed E-state index contributed by atoms with van der Waals surface area (Å²) in [7, 11) is 4.93. The zero-order chi connectivity index (χ0) is 19.9. The molecule has 3 aromatic rings.